The van der Waals surface area contributed by atoms with E-state index in [1.54, 1.807) is 0 Å². The van der Waals surface area contributed by atoms with E-state index in [4.69, 9.17) is 0 Å². The van der Waals surface area contributed by atoms with Gasteiger partial charge in [-0.15, -0.1) is 0 Å². The minimum absolute atomic E-state index is 0.424. The third kappa shape index (κ3) is 2.75. The second kappa shape index (κ2) is 5.75. The Labute approximate surface area is 120 Å². The molecule has 2 aromatic rings. The molecule has 1 fully saturated rings. The predicted molar refractivity (Wildman–Crippen MR) is 79.3 cm³/mol. The molecular weight excluding hydrogens is 248 g/mol. The van der Waals surface area contributed by atoms with Crippen LogP contribution in [-0.4, -0.2) is 32.3 Å². The summed E-state index contributed by atoms with van der Waals surface area (Å²) in [6, 6.07) is 5.19. The standard InChI is InChI=1S/C16H22N4/c1-13-9-18-19(11-13)12-16-6-4-8-20(16)14(2)15-5-3-7-17-10-15/h3,5,7,9-11,14,16H,4,6,8,12H2,1-2H3. The number of aryl methyl sites for hydroxylation is 1. The first kappa shape index (κ1) is 13.3. The van der Waals surface area contributed by atoms with Gasteiger partial charge in [-0.25, -0.2) is 0 Å². The topological polar surface area (TPSA) is 34.0 Å². The highest BCUT2D eigenvalue weighted by atomic mass is 15.3. The van der Waals surface area contributed by atoms with E-state index < -0.39 is 0 Å². The number of hydrogen-bond donors (Lipinski definition) is 0. The molecule has 1 aliphatic heterocycles. The average Bonchev–Trinajstić information content (AvgIpc) is 3.09. The van der Waals surface area contributed by atoms with Crippen LogP contribution >= 0.6 is 0 Å². The Morgan fingerprint density at radius 2 is 2.30 bits per heavy atom. The second-order valence-electron chi connectivity index (χ2n) is 5.74. The number of aromatic nitrogens is 3. The number of hydrogen-bond acceptors (Lipinski definition) is 3. The van der Waals surface area contributed by atoms with Gasteiger partial charge in [0.05, 0.1) is 12.7 Å². The third-order valence-electron chi connectivity index (χ3n) is 4.25. The van der Waals surface area contributed by atoms with Crippen molar-refractivity contribution in [2.75, 3.05) is 6.54 Å². The van der Waals surface area contributed by atoms with Crippen LogP contribution in [0.4, 0.5) is 0 Å². The molecule has 2 unspecified atom stereocenters. The summed E-state index contributed by atoms with van der Waals surface area (Å²) in [6.07, 6.45) is 10.4. The Hall–Kier alpha value is -1.68. The lowest BCUT2D eigenvalue weighted by atomic mass is 10.1. The highest BCUT2D eigenvalue weighted by Crippen LogP contribution is 2.29. The maximum Gasteiger partial charge on any atom is 0.0565 e. The van der Waals surface area contributed by atoms with Crippen molar-refractivity contribution < 1.29 is 0 Å². The molecule has 1 saturated heterocycles. The van der Waals surface area contributed by atoms with Crippen LogP contribution in [-0.2, 0) is 6.54 Å². The van der Waals surface area contributed by atoms with Gasteiger partial charge in [0, 0.05) is 30.7 Å². The monoisotopic (exact) mass is 270 g/mol. The highest BCUT2D eigenvalue weighted by Gasteiger charge is 2.29. The zero-order valence-corrected chi connectivity index (χ0v) is 12.2. The van der Waals surface area contributed by atoms with Crippen LogP contribution in [0.25, 0.3) is 0 Å². The molecule has 4 nitrogen and oxygen atoms in total. The lowest BCUT2D eigenvalue weighted by Gasteiger charge is -2.30. The van der Waals surface area contributed by atoms with Crippen LogP contribution in [0.3, 0.4) is 0 Å². The van der Waals surface area contributed by atoms with Crippen molar-refractivity contribution in [1.29, 1.82) is 0 Å². The molecule has 0 N–H and O–H groups in total. The fraction of sp³-hybridized carbons (Fsp3) is 0.500. The maximum atomic E-state index is 4.42. The zero-order valence-electron chi connectivity index (χ0n) is 12.2. The van der Waals surface area contributed by atoms with Crippen LogP contribution in [0.15, 0.2) is 36.9 Å². The minimum atomic E-state index is 0.424. The van der Waals surface area contributed by atoms with Gasteiger partial charge in [-0.05, 0) is 50.4 Å². The van der Waals surface area contributed by atoms with Crippen LogP contribution in [0.1, 0.15) is 36.9 Å². The lowest BCUT2D eigenvalue weighted by Crippen LogP contribution is -2.35. The SMILES string of the molecule is Cc1cnn(CC2CCCN2C(C)c2cccnc2)c1. The normalized spacial score (nSPS) is 21.2. The Morgan fingerprint density at radius 3 is 3.00 bits per heavy atom. The molecule has 0 aromatic carbocycles. The van der Waals surface area contributed by atoms with Crippen LogP contribution in [0, 0.1) is 6.92 Å². The van der Waals surface area contributed by atoms with Crippen molar-refractivity contribution in [3.05, 3.63) is 48.0 Å². The molecule has 3 heterocycles. The molecule has 0 spiro atoms. The van der Waals surface area contributed by atoms with E-state index in [1.165, 1.54) is 30.5 Å². The quantitative estimate of drug-likeness (QED) is 0.856. The molecule has 3 rings (SSSR count). The van der Waals surface area contributed by atoms with Crippen LogP contribution < -0.4 is 0 Å². The summed E-state index contributed by atoms with van der Waals surface area (Å²) in [4.78, 5) is 6.84. The van der Waals surface area contributed by atoms with E-state index in [1.807, 2.05) is 24.7 Å². The smallest absolute Gasteiger partial charge is 0.0565 e. The summed E-state index contributed by atoms with van der Waals surface area (Å²) < 4.78 is 2.08. The second-order valence-corrected chi connectivity index (χ2v) is 5.74. The number of nitrogens with zero attached hydrogens (tertiary/aromatic N) is 4. The van der Waals surface area contributed by atoms with Gasteiger partial charge in [0.1, 0.15) is 0 Å². The molecule has 0 radical (unpaired) electrons. The molecule has 2 atom stereocenters. The molecule has 106 valence electrons. The average molecular weight is 270 g/mol. The van der Waals surface area contributed by atoms with Crippen molar-refractivity contribution >= 4 is 0 Å². The zero-order chi connectivity index (χ0) is 13.9. The largest absolute Gasteiger partial charge is 0.292 e. The molecule has 20 heavy (non-hydrogen) atoms. The number of rotatable bonds is 4. The summed E-state index contributed by atoms with van der Waals surface area (Å²) in [5.74, 6) is 0. The van der Waals surface area contributed by atoms with Crippen molar-refractivity contribution in [3.8, 4) is 0 Å². The Kier molecular flexibility index (Phi) is 3.83. The van der Waals surface area contributed by atoms with E-state index in [9.17, 15) is 0 Å². The molecule has 0 bridgehead atoms. The van der Waals surface area contributed by atoms with Crippen LogP contribution in [0.2, 0.25) is 0 Å². The summed E-state index contributed by atoms with van der Waals surface area (Å²) >= 11 is 0. The van der Waals surface area contributed by atoms with Crippen LogP contribution in [0.5, 0.6) is 0 Å². The van der Waals surface area contributed by atoms with E-state index in [0.29, 0.717) is 12.1 Å². The maximum absolute atomic E-state index is 4.42. The van der Waals surface area contributed by atoms with E-state index in [-0.39, 0.29) is 0 Å². The minimum Gasteiger partial charge on any atom is -0.292 e. The third-order valence-corrected chi connectivity index (χ3v) is 4.25. The first-order valence-electron chi connectivity index (χ1n) is 7.39. The van der Waals surface area contributed by atoms with Crippen molar-refractivity contribution in [1.82, 2.24) is 19.7 Å². The molecular formula is C16H22N4. The van der Waals surface area contributed by atoms with Gasteiger partial charge in [0.15, 0.2) is 0 Å². The first-order valence-corrected chi connectivity index (χ1v) is 7.39. The molecule has 1 aliphatic rings. The summed E-state index contributed by atoms with van der Waals surface area (Å²) in [5, 5.41) is 4.42. The summed E-state index contributed by atoms with van der Waals surface area (Å²) in [5.41, 5.74) is 2.53. The van der Waals surface area contributed by atoms with Crippen molar-refractivity contribution in [2.45, 2.75) is 45.3 Å². The molecule has 2 aromatic heterocycles. The van der Waals surface area contributed by atoms with Crippen molar-refractivity contribution in [3.63, 3.8) is 0 Å². The number of likely N-dealkylation sites (tertiary alicyclic amines) is 1. The first-order chi connectivity index (χ1) is 9.74. The summed E-state index contributed by atoms with van der Waals surface area (Å²) in [7, 11) is 0. The van der Waals surface area contributed by atoms with Gasteiger partial charge in [-0.1, -0.05) is 6.07 Å². The predicted octanol–water partition coefficient (Wildman–Crippen LogP) is 2.81. The fourth-order valence-corrected chi connectivity index (χ4v) is 3.16. The molecule has 0 saturated carbocycles. The molecule has 4 heteroatoms. The molecule has 0 amide bonds. The van der Waals surface area contributed by atoms with Crippen molar-refractivity contribution in [2.24, 2.45) is 0 Å². The van der Waals surface area contributed by atoms with E-state index in [0.717, 1.165) is 6.54 Å². The molecule has 0 aliphatic carbocycles. The number of pyridine rings is 1. The van der Waals surface area contributed by atoms with E-state index in [2.05, 4.69) is 45.8 Å². The Bertz CT molecular complexity index is 549. The summed E-state index contributed by atoms with van der Waals surface area (Å²) in [6.45, 7) is 6.53. The Balaban J connectivity index is 1.72. The van der Waals surface area contributed by atoms with Gasteiger partial charge in [-0.3, -0.25) is 14.6 Å². The van der Waals surface area contributed by atoms with E-state index >= 15 is 0 Å². The Morgan fingerprint density at radius 1 is 1.40 bits per heavy atom. The van der Waals surface area contributed by atoms with Gasteiger partial charge < -0.3 is 0 Å². The van der Waals surface area contributed by atoms with Gasteiger partial charge in [0.25, 0.3) is 0 Å². The van der Waals surface area contributed by atoms with Gasteiger partial charge >= 0.3 is 0 Å². The highest BCUT2D eigenvalue weighted by molar-refractivity contribution is 5.14. The van der Waals surface area contributed by atoms with Gasteiger partial charge in [-0.2, -0.15) is 5.10 Å². The van der Waals surface area contributed by atoms with Gasteiger partial charge in [0.2, 0.25) is 0 Å². The fourth-order valence-electron chi connectivity index (χ4n) is 3.16. The lowest BCUT2D eigenvalue weighted by molar-refractivity contribution is 0.173.